The molecule has 6 rings (SSSR count). The highest BCUT2D eigenvalue weighted by Gasteiger charge is 2.17. The van der Waals surface area contributed by atoms with Crippen LogP contribution in [0.15, 0.2) is 116 Å². The average Bonchev–Trinajstić information content (AvgIpc) is 3.84. The maximum absolute atomic E-state index is 13.6. The van der Waals surface area contributed by atoms with Crippen LogP contribution >= 0.6 is 11.6 Å². The molecular weight excluding hydrogens is 614 g/mol. The van der Waals surface area contributed by atoms with E-state index in [1.807, 2.05) is 69.1 Å². The lowest BCUT2D eigenvalue weighted by atomic mass is 9.87. The van der Waals surface area contributed by atoms with Gasteiger partial charge in [0.25, 0.3) is 0 Å². The summed E-state index contributed by atoms with van der Waals surface area (Å²) in [6.07, 6.45) is 9.18. The summed E-state index contributed by atoms with van der Waals surface area (Å²) in [4.78, 5) is 0. The number of aromatic nitrogens is 4. The number of benzene rings is 4. The lowest BCUT2D eigenvalue weighted by Crippen LogP contribution is -2.13. The highest BCUT2D eigenvalue weighted by molar-refractivity contribution is 6.30. The highest BCUT2D eigenvalue weighted by Crippen LogP contribution is 2.32. The van der Waals surface area contributed by atoms with Crippen molar-refractivity contribution < 1.29 is 8.78 Å². The molecule has 0 aliphatic rings. The Bertz CT molecular complexity index is 1790. The summed E-state index contributed by atoms with van der Waals surface area (Å²) in [5.41, 5.74) is 8.75. The van der Waals surface area contributed by atoms with Crippen LogP contribution in [0.25, 0.3) is 22.3 Å². The van der Waals surface area contributed by atoms with Gasteiger partial charge >= 0.3 is 0 Å². The van der Waals surface area contributed by atoms with Crippen molar-refractivity contribution in [3.63, 3.8) is 0 Å². The predicted molar refractivity (Wildman–Crippen MR) is 187 cm³/mol. The Balaban J connectivity index is 0.000000185. The molecule has 6 aromatic rings. The summed E-state index contributed by atoms with van der Waals surface area (Å²) in [7, 11) is 3.86. The normalized spacial score (nSPS) is 12.3. The van der Waals surface area contributed by atoms with E-state index in [2.05, 4.69) is 67.4 Å². The lowest BCUT2D eigenvalue weighted by Gasteiger charge is -2.18. The topological polar surface area (TPSA) is 81.4 Å². The quantitative estimate of drug-likeness (QED) is 0.107. The molecule has 4 N–H and O–H groups in total. The minimum absolute atomic E-state index is 0.00551. The largest absolute Gasteiger partial charge is 0.320 e. The van der Waals surface area contributed by atoms with Crippen LogP contribution in [0.1, 0.15) is 46.9 Å². The van der Waals surface area contributed by atoms with Crippen molar-refractivity contribution in [3.8, 4) is 22.3 Å². The van der Waals surface area contributed by atoms with Gasteiger partial charge in [-0.25, -0.2) is 8.78 Å². The summed E-state index contributed by atoms with van der Waals surface area (Å²) in [6.45, 7) is 1.74. The second-order valence-electron chi connectivity index (χ2n) is 11.3. The summed E-state index contributed by atoms with van der Waals surface area (Å²) in [6, 6.07) is 29.1. The summed E-state index contributed by atoms with van der Waals surface area (Å²) < 4.78 is 26.9. The zero-order valence-corrected chi connectivity index (χ0v) is 27.2. The van der Waals surface area contributed by atoms with Crippen LogP contribution in [-0.4, -0.2) is 47.6 Å². The molecule has 0 saturated carbocycles. The molecule has 0 saturated heterocycles. The van der Waals surface area contributed by atoms with Gasteiger partial charge in [0.15, 0.2) is 11.6 Å². The summed E-state index contributed by atoms with van der Waals surface area (Å²) in [5.74, 6) is -1.29. The van der Waals surface area contributed by atoms with Gasteiger partial charge in [-0.05, 0) is 97.7 Å². The molecule has 2 heterocycles. The number of nitrogens with zero attached hydrogens (tertiary/aromatic N) is 2. The molecule has 0 aliphatic heterocycles. The van der Waals surface area contributed by atoms with Gasteiger partial charge in [0.05, 0.1) is 12.4 Å². The van der Waals surface area contributed by atoms with Gasteiger partial charge in [-0.15, -0.1) is 0 Å². The van der Waals surface area contributed by atoms with E-state index in [4.69, 9.17) is 11.6 Å². The first-order valence-corrected chi connectivity index (χ1v) is 16.0. The third-order valence-corrected chi connectivity index (χ3v) is 8.49. The van der Waals surface area contributed by atoms with Crippen molar-refractivity contribution >= 4 is 11.6 Å². The first-order valence-electron chi connectivity index (χ1n) is 15.6. The first-order chi connectivity index (χ1) is 23.0. The van der Waals surface area contributed by atoms with Crippen molar-refractivity contribution in [1.29, 1.82) is 0 Å². The third kappa shape index (κ3) is 9.01. The van der Waals surface area contributed by atoms with Gasteiger partial charge in [-0.1, -0.05) is 78.3 Å². The second kappa shape index (κ2) is 16.8. The number of rotatable bonds is 12. The number of hydrogen-bond acceptors (Lipinski definition) is 4. The maximum Gasteiger partial charge on any atom is 0.159 e. The van der Waals surface area contributed by atoms with E-state index in [1.165, 1.54) is 28.8 Å². The molecule has 47 heavy (non-hydrogen) atoms. The minimum Gasteiger partial charge on any atom is -0.320 e. The molecule has 0 radical (unpaired) electrons. The van der Waals surface area contributed by atoms with E-state index in [0.717, 1.165) is 58.8 Å². The van der Waals surface area contributed by atoms with Gasteiger partial charge in [-0.3, -0.25) is 10.2 Å². The molecule has 0 spiro atoms. The van der Waals surface area contributed by atoms with Gasteiger partial charge < -0.3 is 10.6 Å². The fourth-order valence-corrected chi connectivity index (χ4v) is 5.91. The fraction of sp³-hybridized carbons (Fsp3) is 0.211. The smallest absolute Gasteiger partial charge is 0.159 e. The van der Waals surface area contributed by atoms with Crippen LogP contribution in [-0.2, 0) is 0 Å². The van der Waals surface area contributed by atoms with E-state index in [0.29, 0.717) is 5.92 Å². The standard InChI is InChI=1S/C19H20ClN3.C19H19F2N3/c1-21-10-9-19(16-3-2-4-18(20)11-16)15-7-5-14(6-8-15)17-12-22-23-13-17;1-22-9-8-17(15-6-7-18(20)19(21)10-15)14-4-2-13(3-5-14)16-11-23-24-12-16/h2-8,11-13,19,21H,9-10H2,1H3,(H,22,23);2-7,10-12,17,22H,8-9H2,1H3,(H,23,24). The summed E-state index contributed by atoms with van der Waals surface area (Å²) in [5, 5.41) is 20.7. The van der Waals surface area contributed by atoms with Gasteiger partial charge in [0.1, 0.15) is 0 Å². The lowest BCUT2D eigenvalue weighted by molar-refractivity contribution is 0.505. The van der Waals surface area contributed by atoms with Crippen LogP contribution in [0.4, 0.5) is 8.78 Å². The summed E-state index contributed by atoms with van der Waals surface area (Å²) >= 11 is 6.18. The van der Waals surface area contributed by atoms with Crippen LogP contribution in [0.2, 0.25) is 5.02 Å². The zero-order valence-electron chi connectivity index (χ0n) is 26.5. The van der Waals surface area contributed by atoms with Crippen molar-refractivity contribution in [3.05, 3.63) is 155 Å². The van der Waals surface area contributed by atoms with Crippen molar-refractivity contribution in [2.75, 3.05) is 27.2 Å². The SMILES string of the molecule is CNCCC(c1ccc(-c2cn[nH]c2)cc1)c1ccc(F)c(F)c1.CNCCC(c1ccc(-c2cn[nH]c2)cc1)c1cccc(Cl)c1. The van der Waals surface area contributed by atoms with Crippen LogP contribution in [0.3, 0.4) is 0 Å². The Labute approximate surface area is 279 Å². The van der Waals surface area contributed by atoms with E-state index < -0.39 is 11.6 Å². The molecule has 2 aromatic heterocycles. The Kier molecular flexibility index (Phi) is 12.0. The molecule has 0 bridgehead atoms. The number of nitrogens with one attached hydrogen (secondary N) is 4. The maximum atomic E-state index is 13.6. The Hall–Kier alpha value is -4.63. The molecule has 6 nitrogen and oxygen atoms in total. The first kappa shape index (κ1) is 33.7. The number of H-pyrrole nitrogens is 2. The van der Waals surface area contributed by atoms with Gasteiger partial charge in [-0.2, -0.15) is 10.2 Å². The molecule has 9 heteroatoms. The Morgan fingerprint density at radius 2 is 1.09 bits per heavy atom. The van der Waals surface area contributed by atoms with E-state index in [9.17, 15) is 8.78 Å². The zero-order chi connectivity index (χ0) is 33.0. The fourth-order valence-electron chi connectivity index (χ4n) is 5.71. The van der Waals surface area contributed by atoms with Crippen molar-refractivity contribution in [2.45, 2.75) is 24.7 Å². The Morgan fingerprint density at radius 1 is 0.596 bits per heavy atom. The predicted octanol–water partition coefficient (Wildman–Crippen LogP) is 8.57. The molecule has 4 aromatic carbocycles. The molecule has 2 atom stereocenters. The Morgan fingerprint density at radius 3 is 1.51 bits per heavy atom. The van der Waals surface area contributed by atoms with Gasteiger partial charge in [0, 0.05) is 40.4 Å². The van der Waals surface area contributed by atoms with E-state index >= 15 is 0 Å². The molecule has 0 fully saturated rings. The minimum atomic E-state index is -0.818. The van der Waals surface area contributed by atoms with Crippen molar-refractivity contribution in [2.24, 2.45) is 0 Å². The van der Waals surface area contributed by atoms with E-state index in [-0.39, 0.29) is 5.92 Å². The molecule has 0 aliphatic carbocycles. The van der Waals surface area contributed by atoms with E-state index in [1.54, 1.807) is 12.3 Å². The van der Waals surface area contributed by atoms with Crippen LogP contribution in [0, 0.1) is 11.6 Å². The number of halogens is 3. The average molecular weight is 653 g/mol. The van der Waals surface area contributed by atoms with Crippen molar-refractivity contribution in [1.82, 2.24) is 31.0 Å². The van der Waals surface area contributed by atoms with Gasteiger partial charge in [0.2, 0.25) is 0 Å². The monoisotopic (exact) mass is 652 g/mol. The molecule has 242 valence electrons. The highest BCUT2D eigenvalue weighted by atomic mass is 35.5. The van der Waals surface area contributed by atoms with Crippen LogP contribution in [0.5, 0.6) is 0 Å². The molecule has 0 amide bonds. The third-order valence-electron chi connectivity index (χ3n) is 8.25. The molecular formula is C38H39ClF2N6. The number of aromatic amines is 2. The molecule has 2 unspecified atom stereocenters. The number of hydrogen-bond donors (Lipinski definition) is 4. The van der Waals surface area contributed by atoms with Crippen LogP contribution < -0.4 is 10.6 Å². The second-order valence-corrected chi connectivity index (χ2v) is 11.8.